The van der Waals surface area contributed by atoms with E-state index in [1.54, 1.807) is 21.3 Å². The Balaban J connectivity index is 2.46. The highest BCUT2D eigenvalue weighted by Crippen LogP contribution is 2.51. The number of ether oxygens (including phenoxy) is 3. The molecule has 0 aliphatic heterocycles. The van der Waals surface area contributed by atoms with Gasteiger partial charge in [0.2, 0.25) is 0 Å². The van der Waals surface area contributed by atoms with Crippen molar-refractivity contribution in [2.24, 2.45) is 11.8 Å². The molecule has 1 N–H and O–H groups in total. The number of rotatable bonds is 6. The molecule has 4 heteroatoms. The SMILES string of the molecule is CNC(c1c(OC)cc(OC)cc1OC)C1CC1C. The highest BCUT2D eigenvalue weighted by molar-refractivity contribution is 5.53. The average Bonchev–Trinajstić information content (AvgIpc) is 3.16. The summed E-state index contributed by atoms with van der Waals surface area (Å²) in [5.74, 6) is 3.76. The van der Waals surface area contributed by atoms with Crippen LogP contribution in [0.4, 0.5) is 0 Å². The Morgan fingerprint density at radius 3 is 1.95 bits per heavy atom. The Kier molecular flexibility index (Phi) is 4.20. The minimum atomic E-state index is 0.255. The lowest BCUT2D eigenvalue weighted by Gasteiger charge is -2.23. The number of hydrogen-bond donors (Lipinski definition) is 1. The molecular formula is C15H23NO3. The van der Waals surface area contributed by atoms with Crippen molar-refractivity contribution in [3.05, 3.63) is 17.7 Å². The highest BCUT2D eigenvalue weighted by atomic mass is 16.5. The third kappa shape index (κ3) is 2.63. The van der Waals surface area contributed by atoms with Gasteiger partial charge in [-0.3, -0.25) is 0 Å². The van der Waals surface area contributed by atoms with Crippen LogP contribution in [-0.2, 0) is 0 Å². The fourth-order valence-corrected chi connectivity index (χ4v) is 2.73. The van der Waals surface area contributed by atoms with Gasteiger partial charge in [0.1, 0.15) is 17.2 Å². The summed E-state index contributed by atoms with van der Waals surface area (Å²) in [6.07, 6.45) is 1.24. The summed E-state index contributed by atoms with van der Waals surface area (Å²) in [6, 6.07) is 4.08. The number of benzene rings is 1. The quantitative estimate of drug-likeness (QED) is 0.858. The standard InChI is InChI=1S/C15H23NO3/c1-9-6-11(9)15(16-2)14-12(18-4)7-10(17-3)8-13(14)19-5/h7-9,11,15-16H,6H2,1-5H3. The molecule has 4 nitrogen and oxygen atoms in total. The smallest absolute Gasteiger partial charge is 0.131 e. The molecule has 0 bridgehead atoms. The molecule has 0 heterocycles. The Morgan fingerprint density at radius 1 is 1.11 bits per heavy atom. The molecule has 3 atom stereocenters. The maximum atomic E-state index is 5.53. The van der Waals surface area contributed by atoms with Crippen LogP contribution >= 0.6 is 0 Å². The Bertz CT molecular complexity index is 422. The summed E-state index contributed by atoms with van der Waals surface area (Å²) in [4.78, 5) is 0. The summed E-state index contributed by atoms with van der Waals surface area (Å²) < 4.78 is 16.3. The van der Waals surface area contributed by atoms with E-state index in [2.05, 4.69) is 12.2 Å². The van der Waals surface area contributed by atoms with E-state index in [4.69, 9.17) is 14.2 Å². The average molecular weight is 265 g/mol. The first-order valence-electron chi connectivity index (χ1n) is 6.63. The van der Waals surface area contributed by atoms with Gasteiger partial charge in [-0.05, 0) is 25.3 Å². The van der Waals surface area contributed by atoms with Gasteiger partial charge in [-0.1, -0.05) is 6.92 Å². The van der Waals surface area contributed by atoms with E-state index in [0.717, 1.165) is 28.7 Å². The summed E-state index contributed by atoms with van der Waals surface area (Å²) in [6.45, 7) is 2.28. The van der Waals surface area contributed by atoms with Crippen molar-refractivity contribution in [3.8, 4) is 17.2 Å². The second kappa shape index (κ2) is 5.70. The predicted molar refractivity (Wildman–Crippen MR) is 75.2 cm³/mol. The van der Waals surface area contributed by atoms with E-state index >= 15 is 0 Å². The lowest BCUT2D eigenvalue weighted by Crippen LogP contribution is -2.20. The number of methoxy groups -OCH3 is 3. The van der Waals surface area contributed by atoms with Gasteiger partial charge in [0, 0.05) is 18.2 Å². The normalized spacial score (nSPS) is 22.8. The van der Waals surface area contributed by atoms with Crippen LogP contribution in [0.15, 0.2) is 12.1 Å². The van der Waals surface area contributed by atoms with E-state index in [1.165, 1.54) is 6.42 Å². The largest absolute Gasteiger partial charge is 0.496 e. The van der Waals surface area contributed by atoms with Gasteiger partial charge in [0.15, 0.2) is 0 Å². The molecule has 0 radical (unpaired) electrons. The zero-order chi connectivity index (χ0) is 14.0. The Hall–Kier alpha value is -1.42. The van der Waals surface area contributed by atoms with Gasteiger partial charge in [-0.25, -0.2) is 0 Å². The molecule has 0 aromatic heterocycles. The fourth-order valence-electron chi connectivity index (χ4n) is 2.73. The van der Waals surface area contributed by atoms with Gasteiger partial charge in [0.05, 0.1) is 26.9 Å². The summed E-state index contributed by atoms with van der Waals surface area (Å²) in [5, 5.41) is 3.40. The summed E-state index contributed by atoms with van der Waals surface area (Å²) >= 11 is 0. The molecule has 1 aliphatic rings. The molecule has 1 aliphatic carbocycles. The van der Waals surface area contributed by atoms with E-state index in [1.807, 2.05) is 19.2 Å². The molecule has 106 valence electrons. The molecule has 1 fully saturated rings. The summed E-state index contributed by atoms with van der Waals surface area (Å²) in [5.41, 5.74) is 1.09. The predicted octanol–water partition coefficient (Wildman–Crippen LogP) is 2.63. The first-order chi connectivity index (χ1) is 9.15. The Labute approximate surface area is 115 Å². The van der Waals surface area contributed by atoms with Crippen molar-refractivity contribution >= 4 is 0 Å². The minimum Gasteiger partial charge on any atom is -0.496 e. The minimum absolute atomic E-state index is 0.255. The molecule has 3 unspecified atom stereocenters. The van der Waals surface area contributed by atoms with Crippen molar-refractivity contribution in [2.75, 3.05) is 28.4 Å². The Morgan fingerprint density at radius 2 is 1.63 bits per heavy atom. The van der Waals surface area contributed by atoms with E-state index < -0.39 is 0 Å². The first kappa shape index (κ1) is 14.0. The van der Waals surface area contributed by atoms with Crippen LogP contribution in [0.2, 0.25) is 0 Å². The monoisotopic (exact) mass is 265 g/mol. The van der Waals surface area contributed by atoms with E-state index in [-0.39, 0.29) is 6.04 Å². The van der Waals surface area contributed by atoms with Crippen LogP contribution in [0.3, 0.4) is 0 Å². The van der Waals surface area contributed by atoms with Crippen molar-refractivity contribution in [1.29, 1.82) is 0 Å². The molecular weight excluding hydrogens is 242 g/mol. The molecule has 0 saturated heterocycles. The van der Waals surface area contributed by atoms with Crippen LogP contribution in [-0.4, -0.2) is 28.4 Å². The van der Waals surface area contributed by atoms with Crippen molar-refractivity contribution in [1.82, 2.24) is 5.32 Å². The summed E-state index contributed by atoms with van der Waals surface area (Å²) in [7, 11) is 6.99. The molecule has 0 amide bonds. The molecule has 2 rings (SSSR count). The number of nitrogens with one attached hydrogen (secondary N) is 1. The third-order valence-corrected chi connectivity index (χ3v) is 3.98. The van der Waals surface area contributed by atoms with Gasteiger partial charge in [0.25, 0.3) is 0 Å². The van der Waals surface area contributed by atoms with Crippen LogP contribution in [0.25, 0.3) is 0 Å². The van der Waals surface area contributed by atoms with Crippen molar-refractivity contribution < 1.29 is 14.2 Å². The molecule has 1 saturated carbocycles. The van der Waals surface area contributed by atoms with Gasteiger partial charge < -0.3 is 19.5 Å². The first-order valence-corrected chi connectivity index (χ1v) is 6.63. The van der Waals surface area contributed by atoms with Crippen LogP contribution in [0.5, 0.6) is 17.2 Å². The van der Waals surface area contributed by atoms with E-state index in [0.29, 0.717) is 5.92 Å². The van der Waals surface area contributed by atoms with E-state index in [9.17, 15) is 0 Å². The zero-order valence-corrected chi connectivity index (χ0v) is 12.3. The molecule has 1 aromatic carbocycles. The highest BCUT2D eigenvalue weighted by Gasteiger charge is 2.41. The van der Waals surface area contributed by atoms with Gasteiger partial charge in [-0.2, -0.15) is 0 Å². The maximum absolute atomic E-state index is 5.53. The topological polar surface area (TPSA) is 39.7 Å². The zero-order valence-electron chi connectivity index (χ0n) is 12.3. The molecule has 1 aromatic rings. The lowest BCUT2D eigenvalue weighted by atomic mass is 9.98. The second-order valence-corrected chi connectivity index (χ2v) is 5.09. The van der Waals surface area contributed by atoms with Crippen LogP contribution in [0, 0.1) is 11.8 Å². The number of hydrogen-bond acceptors (Lipinski definition) is 4. The third-order valence-electron chi connectivity index (χ3n) is 3.98. The van der Waals surface area contributed by atoms with Crippen LogP contribution < -0.4 is 19.5 Å². The molecule has 19 heavy (non-hydrogen) atoms. The van der Waals surface area contributed by atoms with Gasteiger partial charge in [-0.15, -0.1) is 0 Å². The second-order valence-electron chi connectivity index (χ2n) is 5.09. The maximum Gasteiger partial charge on any atom is 0.131 e. The van der Waals surface area contributed by atoms with Crippen molar-refractivity contribution in [3.63, 3.8) is 0 Å². The van der Waals surface area contributed by atoms with Crippen molar-refractivity contribution in [2.45, 2.75) is 19.4 Å². The van der Waals surface area contributed by atoms with Gasteiger partial charge >= 0.3 is 0 Å². The van der Waals surface area contributed by atoms with Crippen LogP contribution in [0.1, 0.15) is 24.9 Å². The molecule has 0 spiro atoms. The lowest BCUT2D eigenvalue weighted by molar-refractivity contribution is 0.353. The fraction of sp³-hybridized carbons (Fsp3) is 0.600.